The number of nitrogens with one attached hydrogen (secondary N) is 1. The number of rotatable bonds is 4. The molecule has 0 saturated heterocycles. The molecule has 1 aromatic carbocycles. The second kappa shape index (κ2) is 5.64. The fraction of sp³-hybridized carbons (Fsp3) is 0.154. The van der Waals surface area contributed by atoms with Crippen LogP contribution in [0, 0.1) is 6.92 Å². The van der Waals surface area contributed by atoms with E-state index >= 15 is 0 Å². The molecule has 0 unspecified atom stereocenters. The first-order chi connectivity index (χ1) is 9.70. The van der Waals surface area contributed by atoms with E-state index in [0.717, 1.165) is 16.7 Å². The van der Waals surface area contributed by atoms with Crippen LogP contribution in [0.25, 0.3) is 11.1 Å². The van der Waals surface area contributed by atoms with E-state index < -0.39 is 0 Å². The number of carbonyl (C=O) groups is 1. The number of nitrogens with zero attached hydrogens (tertiary/aromatic N) is 2. The Hall–Kier alpha value is -1.86. The van der Waals surface area contributed by atoms with Crippen LogP contribution in [0.3, 0.4) is 0 Å². The summed E-state index contributed by atoms with van der Waals surface area (Å²) in [6, 6.07) is 5.81. The van der Waals surface area contributed by atoms with Crippen molar-refractivity contribution in [1.82, 2.24) is 9.97 Å². The first kappa shape index (κ1) is 13.1. The fourth-order valence-corrected chi connectivity index (χ4v) is 2.83. The van der Waals surface area contributed by atoms with Crippen molar-refractivity contribution in [3.05, 3.63) is 35.3 Å². The van der Waals surface area contributed by atoms with E-state index in [1.807, 2.05) is 30.5 Å². The molecule has 3 aromatic rings. The van der Waals surface area contributed by atoms with Gasteiger partial charge in [-0.3, -0.25) is 4.79 Å². The minimum Gasteiger partial charge on any atom is -0.431 e. The zero-order chi connectivity index (χ0) is 13.9. The number of aromatic nitrogens is 2. The van der Waals surface area contributed by atoms with E-state index in [-0.39, 0.29) is 11.7 Å². The Morgan fingerprint density at radius 3 is 3.20 bits per heavy atom. The van der Waals surface area contributed by atoms with Crippen LogP contribution in [-0.4, -0.2) is 21.6 Å². The molecule has 0 spiro atoms. The molecule has 0 aliphatic rings. The van der Waals surface area contributed by atoms with Crippen LogP contribution in [0.4, 0.5) is 5.13 Å². The molecule has 0 aliphatic carbocycles. The highest BCUT2D eigenvalue weighted by Gasteiger charge is 2.10. The highest BCUT2D eigenvalue weighted by Crippen LogP contribution is 2.24. The van der Waals surface area contributed by atoms with Crippen molar-refractivity contribution < 1.29 is 9.21 Å². The topological polar surface area (TPSA) is 68.0 Å². The second-order valence-electron chi connectivity index (χ2n) is 4.13. The number of amides is 1. The molecule has 7 heteroatoms. The first-order valence-corrected chi connectivity index (χ1v) is 7.76. The maximum absolute atomic E-state index is 11.7. The predicted octanol–water partition coefficient (Wildman–Crippen LogP) is 3.32. The third kappa shape index (κ3) is 3.00. The zero-order valence-corrected chi connectivity index (χ0v) is 12.3. The van der Waals surface area contributed by atoms with Gasteiger partial charge >= 0.3 is 0 Å². The van der Waals surface area contributed by atoms with E-state index in [4.69, 9.17) is 4.42 Å². The predicted molar refractivity (Wildman–Crippen MR) is 80.2 cm³/mol. The van der Waals surface area contributed by atoms with Crippen molar-refractivity contribution in [2.45, 2.75) is 12.1 Å². The molecule has 5 nitrogen and oxygen atoms in total. The molecule has 2 heterocycles. The summed E-state index contributed by atoms with van der Waals surface area (Å²) in [5.41, 5.74) is 2.68. The number of benzene rings is 1. The van der Waals surface area contributed by atoms with Crippen LogP contribution >= 0.6 is 23.1 Å². The SMILES string of the molecule is Cc1ccc2oc(SCC(=O)Nc3nccs3)nc2c1. The molecule has 102 valence electrons. The Morgan fingerprint density at radius 2 is 2.40 bits per heavy atom. The quantitative estimate of drug-likeness (QED) is 0.749. The van der Waals surface area contributed by atoms with Gasteiger partial charge in [0.05, 0.1) is 5.75 Å². The molecule has 0 atom stereocenters. The first-order valence-electron chi connectivity index (χ1n) is 5.90. The normalized spacial score (nSPS) is 10.8. The van der Waals surface area contributed by atoms with Gasteiger partial charge in [-0.2, -0.15) is 0 Å². The summed E-state index contributed by atoms with van der Waals surface area (Å²) in [6.45, 7) is 2.00. The number of thiazole rings is 1. The molecule has 0 saturated carbocycles. The molecule has 1 amide bonds. The lowest BCUT2D eigenvalue weighted by Gasteiger charge is -1.98. The number of aryl methyl sites for hydroxylation is 1. The third-order valence-electron chi connectivity index (χ3n) is 2.53. The van der Waals surface area contributed by atoms with Crippen LogP contribution in [0.1, 0.15) is 5.56 Å². The molecule has 0 fully saturated rings. The van der Waals surface area contributed by atoms with Crippen LogP contribution in [-0.2, 0) is 4.79 Å². The molecule has 3 rings (SSSR count). The standard InChI is InChI=1S/C13H11N3O2S2/c1-8-2-3-10-9(6-8)15-13(18-10)20-7-11(17)16-12-14-4-5-19-12/h2-6H,7H2,1H3,(H,14,16,17). The number of thioether (sulfide) groups is 1. The molecule has 1 N–H and O–H groups in total. The van der Waals surface area contributed by atoms with E-state index in [1.54, 1.807) is 6.20 Å². The van der Waals surface area contributed by atoms with Gasteiger partial charge in [-0.05, 0) is 24.6 Å². The maximum atomic E-state index is 11.7. The van der Waals surface area contributed by atoms with Crippen LogP contribution in [0.5, 0.6) is 0 Å². The number of carbonyl (C=O) groups excluding carboxylic acids is 1. The van der Waals surface area contributed by atoms with Crippen molar-refractivity contribution in [3.8, 4) is 0 Å². The van der Waals surface area contributed by atoms with E-state index in [9.17, 15) is 4.79 Å². The van der Waals surface area contributed by atoms with Gasteiger partial charge in [-0.15, -0.1) is 11.3 Å². The lowest BCUT2D eigenvalue weighted by Crippen LogP contribution is -2.13. The summed E-state index contributed by atoms with van der Waals surface area (Å²) in [5.74, 6) is 0.120. The van der Waals surface area contributed by atoms with Gasteiger partial charge in [-0.1, -0.05) is 17.8 Å². The van der Waals surface area contributed by atoms with Crippen molar-refractivity contribution in [2.75, 3.05) is 11.1 Å². The van der Waals surface area contributed by atoms with Crippen molar-refractivity contribution in [1.29, 1.82) is 0 Å². The minimum absolute atomic E-state index is 0.122. The summed E-state index contributed by atoms with van der Waals surface area (Å²) in [4.78, 5) is 20.1. The number of anilines is 1. The molecular formula is C13H11N3O2S2. The second-order valence-corrected chi connectivity index (χ2v) is 5.95. The number of hydrogen-bond acceptors (Lipinski definition) is 6. The van der Waals surface area contributed by atoms with Crippen molar-refractivity contribution in [3.63, 3.8) is 0 Å². The summed E-state index contributed by atoms with van der Waals surface area (Å²) in [7, 11) is 0. The summed E-state index contributed by atoms with van der Waals surface area (Å²) in [5, 5.41) is 5.63. The van der Waals surface area contributed by atoms with Gasteiger partial charge in [0.1, 0.15) is 5.52 Å². The summed E-state index contributed by atoms with van der Waals surface area (Å²) >= 11 is 2.66. The Kier molecular flexibility index (Phi) is 3.70. The van der Waals surface area contributed by atoms with Crippen molar-refractivity contribution >= 4 is 45.2 Å². The largest absolute Gasteiger partial charge is 0.431 e. The van der Waals surface area contributed by atoms with Crippen LogP contribution in [0.2, 0.25) is 0 Å². The lowest BCUT2D eigenvalue weighted by molar-refractivity contribution is -0.113. The zero-order valence-electron chi connectivity index (χ0n) is 10.6. The Labute approximate surface area is 123 Å². The van der Waals surface area contributed by atoms with Crippen LogP contribution in [0.15, 0.2) is 39.4 Å². The minimum atomic E-state index is -0.122. The molecule has 2 aromatic heterocycles. The molecular weight excluding hydrogens is 294 g/mol. The number of fused-ring (bicyclic) bond motifs is 1. The summed E-state index contributed by atoms with van der Waals surface area (Å²) in [6.07, 6.45) is 1.65. The highest BCUT2D eigenvalue weighted by atomic mass is 32.2. The van der Waals surface area contributed by atoms with Crippen LogP contribution < -0.4 is 5.32 Å². The Bertz CT molecular complexity index is 737. The Balaban J connectivity index is 1.63. The number of oxazole rings is 1. The average molecular weight is 305 g/mol. The maximum Gasteiger partial charge on any atom is 0.257 e. The van der Waals surface area contributed by atoms with E-state index in [1.165, 1.54) is 23.1 Å². The van der Waals surface area contributed by atoms with Gasteiger partial charge in [0.2, 0.25) is 5.91 Å². The van der Waals surface area contributed by atoms with Crippen molar-refractivity contribution in [2.24, 2.45) is 0 Å². The van der Waals surface area contributed by atoms with E-state index in [2.05, 4.69) is 15.3 Å². The Morgan fingerprint density at radius 1 is 1.50 bits per heavy atom. The fourth-order valence-electron chi connectivity index (χ4n) is 1.65. The highest BCUT2D eigenvalue weighted by molar-refractivity contribution is 7.99. The van der Waals surface area contributed by atoms with E-state index in [0.29, 0.717) is 10.4 Å². The summed E-state index contributed by atoms with van der Waals surface area (Å²) < 4.78 is 5.57. The molecule has 0 bridgehead atoms. The van der Waals surface area contributed by atoms with Gasteiger partial charge in [-0.25, -0.2) is 9.97 Å². The third-order valence-corrected chi connectivity index (χ3v) is 4.05. The smallest absolute Gasteiger partial charge is 0.257 e. The monoisotopic (exact) mass is 305 g/mol. The van der Waals surface area contributed by atoms with Gasteiger partial charge in [0.15, 0.2) is 10.7 Å². The lowest BCUT2D eigenvalue weighted by atomic mass is 10.2. The molecule has 20 heavy (non-hydrogen) atoms. The van der Waals surface area contributed by atoms with Gasteiger partial charge in [0, 0.05) is 11.6 Å². The molecule has 0 radical (unpaired) electrons. The molecule has 0 aliphatic heterocycles. The van der Waals surface area contributed by atoms with Gasteiger partial charge in [0.25, 0.3) is 5.22 Å². The average Bonchev–Trinajstić information content (AvgIpc) is 3.04. The van der Waals surface area contributed by atoms with Gasteiger partial charge < -0.3 is 9.73 Å². The number of hydrogen-bond donors (Lipinski definition) is 1.